The van der Waals surface area contributed by atoms with Gasteiger partial charge in [0, 0.05) is 17.1 Å². The van der Waals surface area contributed by atoms with Crippen LogP contribution in [0.2, 0.25) is 0 Å². The molecule has 0 aromatic heterocycles. The number of nitrogens with zero attached hydrogens (tertiary/aromatic N) is 1. The van der Waals surface area contributed by atoms with Crippen LogP contribution >= 0.6 is 15.9 Å². The fourth-order valence-electron chi connectivity index (χ4n) is 1.95. The molecule has 0 radical (unpaired) electrons. The highest BCUT2D eigenvalue weighted by Crippen LogP contribution is 2.20. The molecule has 0 heterocycles. The lowest BCUT2D eigenvalue weighted by Crippen LogP contribution is -2.40. The number of hydrogen-bond donors (Lipinski definition) is 0. The van der Waals surface area contributed by atoms with Crippen LogP contribution in [0.1, 0.15) is 50.5 Å². The van der Waals surface area contributed by atoms with Gasteiger partial charge in [0.1, 0.15) is 5.60 Å². The molecule has 0 saturated heterocycles. The summed E-state index contributed by atoms with van der Waals surface area (Å²) in [6.07, 6.45) is -0.382. The number of amides is 1. The Balaban J connectivity index is 3.03. The van der Waals surface area contributed by atoms with E-state index in [-0.39, 0.29) is 12.1 Å². The summed E-state index contributed by atoms with van der Waals surface area (Å²) in [5.41, 5.74) is 0.697. The molecule has 0 saturated carbocycles. The van der Waals surface area contributed by atoms with E-state index in [1.54, 1.807) is 17.0 Å². The Kier molecular flexibility index (Phi) is 6.62. The van der Waals surface area contributed by atoms with Crippen LogP contribution in [0.4, 0.5) is 4.79 Å². The van der Waals surface area contributed by atoms with Crippen molar-refractivity contribution >= 4 is 28.0 Å². The van der Waals surface area contributed by atoms with Crippen molar-refractivity contribution in [3.63, 3.8) is 0 Å². The predicted molar refractivity (Wildman–Crippen MR) is 92.4 cm³/mol. The highest BCUT2D eigenvalue weighted by molar-refractivity contribution is 9.10. The van der Waals surface area contributed by atoms with Crippen LogP contribution in [0.15, 0.2) is 22.7 Å². The van der Waals surface area contributed by atoms with E-state index >= 15 is 0 Å². The van der Waals surface area contributed by atoms with E-state index in [4.69, 9.17) is 9.47 Å². The van der Waals surface area contributed by atoms with Crippen LogP contribution in [0.3, 0.4) is 0 Å². The zero-order valence-corrected chi connectivity index (χ0v) is 16.1. The van der Waals surface area contributed by atoms with Crippen molar-refractivity contribution in [2.75, 3.05) is 7.11 Å². The maximum absolute atomic E-state index is 12.4. The number of halogens is 1. The smallest absolute Gasteiger partial charge is 0.410 e. The Hall–Kier alpha value is -1.56. The molecular formula is C17H24BrNO4. The van der Waals surface area contributed by atoms with E-state index in [1.807, 2.05) is 40.7 Å². The number of hydrogen-bond acceptors (Lipinski definition) is 4. The summed E-state index contributed by atoms with van der Waals surface area (Å²) in [7, 11) is 1.34. The van der Waals surface area contributed by atoms with Crippen molar-refractivity contribution in [1.82, 2.24) is 4.90 Å². The van der Waals surface area contributed by atoms with E-state index < -0.39 is 11.6 Å². The molecule has 0 unspecified atom stereocenters. The molecule has 0 fully saturated rings. The molecule has 1 rings (SSSR count). The van der Waals surface area contributed by atoms with Crippen LogP contribution in [-0.4, -0.2) is 35.7 Å². The normalized spacial score (nSPS) is 11.3. The van der Waals surface area contributed by atoms with Gasteiger partial charge >= 0.3 is 12.1 Å². The minimum Gasteiger partial charge on any atom is -0.465 e. The number of carbonyl (C=O) groups is 2. The zero-order valence-electron chi connectivity index (χ0n) is 14.5. The van der Waals surface area contributed by atoms with Crippen LogP contribution in [0.5, 0.6) is 0 Å². The van der Waals surface area contributed by atoms with Crippen molar-refractivity contribution in [3.05, 3.63) is 33.8 Å². The first-order valence-electron chi connectivity index (χ1n) is 7.41. The van der Waals surface area contributed by atoms with Crippen LogP contribution in [-0.2, 0) is 16.0 Å². The number of carbonyl (C=O) groups excluding carboxylic acids is 2. The molecule has 0 aliphatic heterocycles. The number of benzene rings is 1. The molecule has 0 aliphatic carbocycles. The van der Waals surface area contributed by atoms with Crippen molar-refractivity contribution in [1.29, 1.82) is 0 Å². The minimum atomic E-state index is -0.557. The standard InChI is InChI=1S/C17H24BrNO4/c1-11(2)19(16(21)23-17(3,4)5)10-12-7-13(15(20)22-6)9-14(18)8-12/h7-9,11H,10H2,1-6H3. The second-order valence-electron chi connectivity index (χ2n) is 6.54. The van der Waals surface area contributed by atoms with E-state index in [2.05, 4.69) is 15.9 Å². The Labute approximate surface area is 146 Å². The summed E-state index contributed by atoms with van der Waals surface area (Å²) in [6.45, 7) is 9.68. The molecule has 0 aliphatic rings. The van der Waals surface area contributed by atoms with Gasteiger partial charge in [0.25, 0.3) is 0 Å². The topological polar surface area (TPSA) is 55.8 Å². The molecule has 23 heavy (non-hydrogen) atoms. The summed E-state index contributed by atoms with van der Waals surface area (Å²) >= 11 is 3.38. The SMILES string of the molecule is COC(=O)c1cc(Br)cc(CN(C(=O)OC(C)(C)C)C(C)C)c1. The van der Waals surface area contributed by atoms with E-state index in [9.17, 15) is 9.59 Å². The summed E-state index contributed by atoms with van der Waals surface area (Å²) in [6, 6.07) is 5.23. The molecule has 0 spiro atoms. The molecule has 1 amide bonds. The highest BCUT2D eigenvalue weighted by atomic mass is 79.9. The second kappa shape index (κ2) is 7.81. The Morgan fingerprint density at radius 3 is 2.30 bits per heavy atom. The average Bonchev–Trinajstić information content (AvgIpc) is 2.40. The summed E-state index contributed by atoms with van der Waals surface area (Å²) < 4.78 is 10.9. The molecule has 0 N–H and O–H groups in total. The number of rotatable bonds is 4. The van der Waals surface area contributed by atoms with E-state index in [0.29, 0.717) is 12.1 Å². The van der Waals surface area contributed by atoms with Gasteiger partial charge < -0.3 is 14.4 Å². The van der Waals surface area contributed by atoms with Gasteiger partial charge in [-0.1, -0.05) is 15.9 Å². The van der Waals surface area contributed by atoms with Gasteiger partial charge in [0.05, 0.1) is 12.7 Å². The minimum absolute atomic E-state index is 0.0367. The first-order chi connectivity index (χ1) is 10.5. The number of esters is 1. The molecule has 128 valence electrons. The predicted octanol–water partition coefficient (Wildman–Crippen LogP) is 4.38. The lowest BCUT2D eigenvalue weighted by Gasteiger charge is -2.30. The Bertz CT molecular complexity index is 578. The third kappa shape index (κ3) is 6.22. The lowest BCUT2D eigenvalue weighted by atomic mass is 10.1. The van der Waals surface area contributed by atoms with Crippen molar-refractivity contribution < 1.29 is 19.1 Å². The van der Waals surface area contributed by atoms with Crippen molar-refractivity contribution in [2.24, 2.45) is 0 Å². The lowest BCUT2D eigenvalue weighted by molar-refractivity contribution is 0.0172. The molecular weight excluding hydrogens is 362 g/mol. The zero-order chi connectivity index (χ0) is 17.8. The van der Waals surface area contributed by atoms with Gasteiger partial charge in [0.15, 0.2) is 0 Å². The van der Waals surface area contributed by atoms with Gasteiger partial charge in [-0.15, -0.1) is 0 Å². The monoisotopic (exact) mass is 385 g/mol. The summed E-state index contributed by atoms with van der Waals surface area (Å²) in [4.78, 5) is 25.7. The molecule has 0 bridgehead atoms. The molecule has 5 nitrogen and oxygen atoms in total. The first kappa shape index (κ1) is 19.5. The van der Waals surface area contributed by atoms with Gasteiger partial charge in [-0.2, -0.15) is 0 Å². The van der Waals surface area contributed by atoms with Gasteiger partial charge in [-0.05, 0) is 58.4 Å². The Morgan fingerprint density at radius 1 is 1.22 bits per heavy atom. The molecule has 6 heteroatoms. The van der Waals surface area contributed by atoms with E-state index in [0.717, 1.165) is 10.0 Å². The van der Waals surface area contributed by atoms with Crippen molar-refractivity contribution in [2.45, 2.75) is 52.8 Å². The van der Waals surface area contributed by atoms with Crippen LogP contribution < -0.4 is 0 Å². The largest absolute Gasteiger partial charge is 0.465 e. The Morgan fingerprint density at radius 2 is 1.83 bits per heavy atom. The number of ether oxygens (including phenoxy) is 2. The molecule has 0 atom stereocenters. The van der Waals surface area contributed by atoms with E-state index in [1.165, 1.54) is 7.11 Å². The second-order valence-corrected chi connectivity index (χ2v) is 7.46. The summed E-state index contributed by atoms with van der Waals surface area (Å²) in [5.74, 6) is -0.416. The average molecular weight is 386 g/mol. The van der Waals surface area contributed by atoms with Gasteiger partial charge in [-0.3, -0.25) is 0 Å². The molecule has 1 aromatic rings. The first-order valence-corrected chi connectivity index (χ1v) is 8.20. The number of methoxy groups -OCH3 is 1. The quantitative estimate of drug-likeness (QED) is 0.721. The summed E-state index contributed by atoms with van der Waals surface area (Å²) in [5, 5.41) is 0. The van der Waals surface area contributed by atoms with Gasteiger partial charge in [0.2, 0.25) is 0 Å². The maximum atomic E-state index is 12.4. The van der Waals surface area contributed by atoms with Crippen molar-refractivity contribution in [3.8, 4) is 0 Å². The fraction of sp³-hybridized carbons (Fsp3) is 0.529. The van der Waals surface area contributed by atoms with Crippen LogP contribution in [0.25, 0.3) is 0 Å². The van der Waals surface area contributed by atoms with Gasteiger partial charge in [-0.25, -0.2) is 9.59 Å². The third-order valence-electron chi connectivity index (χ3n) is 2.98. The molecule has 1 aromatic carbocycles. The highest BCUT2D eigenvalue weighted by Gasteiger charge is 2.24. The fourth-order valence-corrected chi connectivity index (χ4v) is 2.49. The maximum Gasteiger partial charge on any atom is 0.410 e. The third-order valence-corrected chi connectivity index (χ3v) is 3.44. The van der Waals surface area contributed by atoms with Crippen LogP contribution in [0, 0.1) is 0 Å².